The average Bonchev–Trinajstić information content (AvgIpc) is 3.19. The lowest BCUT2D eigenvalue weighted by molar-refractivity contribution is -0.116. The van der Waals surface area contributed by atoms with Gasteiger partial charge in [-0.15, -0.1) is 0 Å². The Labute approximate surface area is 173 Å². The standard InChI is InChI=1S/C20H24BrN5O2/c1-14-11-15(21)5-7-17(14)24-19(27)13-25(2)20(28)23-16-6-8-18(22-12-16)26-9-3-4-10-26/h5-8,11-12H,3-4,9-10,13H2,1-2H3,(H,23,28)(H,24,27). The Balaban J connectivity index is 1.51. The second-order valence-electron chi connectivity index (χ2n) is 6.89. The van der Waals surface area contributed by atoms with Crippen molar-refractivity contribution in [2.75, 3.05) is 42.2 Å². The van der Waals surface area contributed by atoms with Crippen LogP contribution in [0.15, 0.2) is 41.0 Å². The number of benzene rings is 1. The minimum absolute atomic E-state index is 0.0549. The molecule has 0 radical (unpaired) electrons. The van der Waals surface area contributed by atoms with Crippen molar-refractivity contribution in [2.24, 2.45) is 0 Å². The van der Waals surface area contributed by atoms with E-state index >= 15 is 0 Å². The zero-order valence-electron chi connectivity index (χ0n) is 16.0. The first-order valence-electron chi connectivity index (χ1n) is 9.21. The first kappa shape index (κ1) is 20.1. The van der Waals surface area contributed by atoms with Crippen LogP contribution in [0.2, 0.25) is 0 Å². The van der Waals surface area contributed by atoms with E-state index in [1.165, 1.54) is 17.7 Å². The second-order valence-corrected chi connectivity index (χ2v) is 7.81. The van der Waals surface area contributed by atoms with Crippen molar-refractivity contribution in [3.63, 3.8) is 0 Å². The van der Waals surface area contributed by atoms with E-state index in [0.29, 0.717) is 5.69 Å². The molecule has 0 aliphatic carbocycles. The lowest BCUT2D eigenvalue weighted by Gasteiger charge is -2.19. The fraction of sp³-hybridized carbons (Fsp3) is 0.350. The maximum Gasteiger partial charge on any atom is 0.322 e. The van der Waals surface area contributed by atoms with Gasteiger partial charge in [0.15, 0.2) is 0 Å². The number of carbonyl (C=O) groups excluding carboxylic acids is 2. The van der Waals surface area contributed by atoms with Gasteiger partial charge in [-0.1, -0.05) is 15.9 Å². The maximum absolute atomic E-state index is 12.3. The minimum Gasteiger partial charge on any atom is -0.357 e. The number of nitrogens with one attached hydrogen (secondary N) is 2. The number of urea groups is 1. The number of halogens is 1. The second kappa shape index (κ2) is 9.05. The van der Waals surface area contributed by atoms with E-state index in [-0.39, 0.29) is 18.5 Å². The van der Waals surface area contributed by atoms with Crippen molar-refractivity contribution in [1.82, 2.24) is 9.88 Å². The average molecular weight is 446 g/mol. The highest BCUT2D eigenvalue weighted by atomic mass is 79.9. The Morgan fingerprint density at radius 3 is 2.57 bits per heavy atom. The first-order chi connectivity index (χ1) is 13.4. The molecule has 1 saturated heterocycles. The summed E-state index contributed by atoms with van der Waals surface area (Å²) < 4.78 is 0.948. The zero-order valence-corrected chi connectivity index (χ0v) is 17.6. The highest BCUT2D eigenvalue weighted by Gasteiger charge is 2.16. The van der Waals surface area contributed by atoms with Gasteiger partial charge in [-0.3, -0.25) is 4.79 Å². The van der Waals surface area contributed by atoms with E-state index in [1.54, 1.807) is 13.2 Å². The van der Waals surface area contributed by atoms with E-state index in [2.05, 4.69) is 36.4 Å². The van der Waals surface area contributed by atoms with Crippen LogP contribution in [0.25, 0.3) is 0 Å². The van der Waals surface area contributed by atoms with Crippen molar-refractivity contribution >= 4 is 45.1 Å². The van der Waals surface area contributed by atoms with Crippen LogP contribution in [-0.2, 0) is 4.79 Å². The molecule has 3 rings (SSSR count). The van der Waals surface area contributed by atoms with Crippen LogP contribution in [0.1, 0.15) is 18.4 Å². The fourth-order valence-electron chi connectivity index (χ4n) is 3.06. The van der Waals surface area contributed by atoms with Gasteiger partial charge in [-0.25, -0.2) is 9.78 Å². The monoisotopic (exact) mass is 445 g/mol. The summed E-state index contributed by atoms with van der Waals surface area (Å²) in [5, 5.41) is 5.59. The topological polar surface area (TPSA) is 77.6 Å². The molecule has 0 saturated carbocycles. The smallest absolute Gasteiger partial charge is 0.322 e. The Kier molecular flexibility index (Phi) is 6.51. The molecule has 8 heteroatoms. The molecule has 7 nitrogen and oxygen atoms in total. The summed E-state index contributed by atoms with van der Waals surface area (Å²) in [4.78, 5) is 32.6. The molecule has 1 aromatic carbocycles. The van der Waals surface area contributed by atoms with Crippen molar-refractivity contribution < 1.29 is 9.59 Å². The van der Waals surface area contributed by atoms with Crippen LogP contribution in [0.4, 0.5) is 22.0 Å². The molecule has 0 spiro atoms. The first-order valence-corrected chi connectivity index (χ1v) is 10.0. The van der Waals surface area contributed by atoms with E-state index in [1.807, 2.05) is 37.3 Å². The Morgan fingerprint density at radius 1 is 1.18 bits per heavy atom. The fourth-order valence-corrected chi connectivity index (χ4v) is 3.53. The van der Waals surface area contributed by atoms with Crippen molar-refractivity contribution in [2.45, 2.75) is 19.8 Å². The predicted molar refractivity (Wildman–Crippen MR) is 115 cm³/mol. The number of anilines is 3. The molecule has 148 valence electrons. The molecular formula is C20H24BrN5O2. The molecule has 28 heavy (non-hydrogen) atoms. The van der Waals surface area contributed by atoms with E-state index in [0.717, 1.165) is 34.6 Å². The van der Waals surface area contributed by atoms with Gasteiger partial charge >= 0.3 is 6.03 Å². The van der Waals surface area contributed by atoms with Gasteiger partial charge in [0.25, 0.3) is 0 Å². The molecule has 3 amide bonds. The van der Waals surface area contributed by atoms with Gasteiger partial charge in [-0.05, 0) is 55.7 Å². The normalized spacial score (nSPS) is 13.3. The number of nitrogens with zero attached hydrogens (tertiary/aromatic N) is 3. The lowest BCUT2D eigenvalue weighted by Crippen LogP contribution is -2.37. The molecule has 1 fully saturated rings. The quantitative estimate of drug-likeness (QED) is 0.732. The van der Waals surface area contributed by atoms with Crippen molar-refractivity contribution in [3.05, 3.63) is 46.6 Å². The molecule has 2 heterocycles. The molecule has 0 bridgehead atoms. The summed E-state index contributed by atoms with van der Waals surface area (Å²) in [6, 6.07) is 8.98. The van der Waals surface area contributed by atoms with E-state index in [4.69, 9.17) is 0 Å². The molecule has 1 aliphatic heterocycles. The minimum atomic E-state index is -0.363. The molecule has 2 N–H and O–H groups in total. The van der Waals surface area contributed by atoms with Gasteiger partial charge < -0.3 is 20.4 Å². The maximum atomic E-state index is 12.3. The summed E-state index contributed by atoms with van der Waals surface area (Å²) in [5.74, 6) is 0.665. The third kappa shape index (κ3) is 5.22. The third-order valence-electron chi connectivity index (χ3n) is 4.62. The van der Waals surface area contributed by atoms with Gasteiger partial charge in [0.2, 0.25) is 5.91 Å². The summed E-state index contributed by atoms with van der Waals surface area (Å²) in [6.45, 7) is 3.90. The summed E-state index contributed by atoms with van der Waals surface area (Å²) in [6.07, 6.45) is 4.02. The van der Waals surface area contributed by atoms with Crippen molar-refractivity contribution in [3.8, 4) is 0 Å². The summed E-state index contributed by atoms with van der Waals surface area (Å²) >= 11 is 3.40. The Bertz CT molecular complexity index is 850. The van der Waals surface area contributed by atoms with Crippen LogP contribution in [0, 0.1) is 6.92 Å². The number of rotatable bonds is 5. The number of hydrogen-bond acceptors (Lipinski definition) is 4. The molecule has 0 unspecified atom stereocenters. The summed E-state index contributed by atoms with van der Waals surface area (Å²) in [7, 11) is 1.58. The number of carbonyl (C=O) groups is 2. The van der Waals surface area contributed by atoms with Crippen LogP contribution < -0.4 is 15.5 Å². The highest BCUT2D eigenvalue weighted by Crippen LogP contribution is 2.20. The molecule has 0 atom stereocenters. The Hall–Kier alpha value is -2.61. The van der Waals surface area contributed by atoms with Crippen LogP contribution in [0.3, 0.4) is 0 Å². The van der Waals surface area contributed by atoms with Crippen LogP contribution in [-0.4, -0.2) is 48.5 Å². The van der Waals surface area contributed by atoms with Crippen LogP contribution >= 0.6 is 15.9 Å². The molecular weight excluding hydrogens is 422 g/mol. The molecule has 2 aromatic rings. The largest absolute Gasteiger partial charge is 0.357 e. The predicted octanol–water partition coefficient (Wildman–Crippen LogP) is 3.86. The van der Waals surface area contributed by atoms with Gasteiger partial charge in [0, 0.05) is 30.3 Å². The highest BCUT2D eigenvalue weighted by molar-refractivity contribution is 9.10. The van der Waals surface area contributed by atoms with Crippen LogP contribution in [0.5, 0.6) is 0 Å². The number of aromatic nitrogens is 1. The van der Waals surface area contributed by atoms with Gasteiger partial charge in [0.05, 0.1) is 11.9 Å². The Morgan fingerprint density at radius 2 is 1.93 bits per heavy atom. The SMILES string of the molecule is Cc1cc(Br)ccc1NC(=O)CN(C)C(=O)Nc1ccc(N2CCCC2)nc1. The van der Waals surface area contributed by atoms with Gasteiger partial charge in [-0.2, -0.15) is 0 Å². The number of pyridine rings is 1. The lowest BCUT2D eigenvalue weighted by atomic mass is 10.2. The molecule has 1 aliphatic rings. The number of hydrogen-bond donors (Lipinski definition) is 2. The van der Waals surface area contributed by atoms with E-state index in [9.17, 15) is 9.59 Å². The van der Waals surface area contributed by atoms with Gasteiger partial charge in [0.1, 0.15) is 12.4 Å². The third-order valence-corrected chi connectivity index (χ3v) is 5.11. The number of amides is 3. The molecule has 1 aromatic heterocycles. The number of aryl methyl sites for hydroxylation is 1. The van der Waals surface area contributed by atoms with E-state index < -0.39 is 0 Å². The zero-order chi connectivity index (χ0) is 20.1. The van der Waals surface area contributed by atoms with Crippen molar-refractivity contribution in [1.29, 1.82) is 0 Å². The number of likely N-dealkylation sites (N-methyl/N-ethyl adjacent to an activating group) is 1. The summed E-state index contributed by atoms with van der Waals surface area (Å²) in [5.41, 5.74) is 2.27.